The maximum atomic E-state index is 12.4. The Morgan fingerprint density at radius 2 is 1.85 bits per heavy atom. The second kappa shape index (κ2) is 6.63. The van der Waals surface area contributed by atoms with E-state index in [0.717, 1.165) is 44.9 Å². The Bertz CT molecular complexity index is 667. The van der Waals surface area contributed by atoms with Gasteiger partial charge in [-0.2, -0.15) is 0 Å². The van der Waals surface area contributed by atoms with Gasteiger partial charge in [0.1, 0.15) is 6.10 Å². The largest absolute Gasteiger partial charge is 0.469 e. The topological polar surface area (TPSA) is 52.6 Å². The second-order valence-corrected chi connectivity index (χ2v) is 9.93. The van der Waals surface area contributed by atoms with Crippen LogP contribution < -0.4 is 0 Å². The zero-order chi connectivity index (χ0) is 19.4. The van der Waals surface area contributed by atoms with E-state index in [0.29, 0.717) is 17.8 Å². The molecule has 0 spiro atoms. The van der Waals surface area contributed by atoms with E-state index >= 15 is 0 Å². The van der Waals surface area contributed by atoms with Gasteiger partial charge >= 0.3 is 11.9 Å². The van der Waals surface area contributed by atoms with Crippen molar-refractivity contribution in [3.63, 3.8) is 0 Å². The number of methoxy groups -OCH3 is 1. The SMILES string of the molecule is COC(=O)[C@@H]1CC[C@@H]2[C@H]3CC=C4C[C@@H](OC(C)=O)CC[C@]4(C)[C@@H]3CC[C@]21C. The number of allylic oxidation sites excluding steroid dienone is 1. The van der Waals surface area contributed by atoms with Gasteiger partial charge < -0.3 is 9.47 Å². The van der Waals surface area contributed by atoms with Gasteiger partial charge in [-0.25, -0.2) is 0 Å². The standard InChI is InChI=1S/C23H34O4/c1-14(24)27-16-9-11-22(2)15(13-16)5-6-17-18-7-8-20(21(25)26-4)23(18,3)12-10-19(17)22/h5,16-20H,6-13H2,1-4H3/t16-,17+,18+,19+,20-,22-,23+/m0/s1. The normalized spacial score (nSPS) is 45.8. The van der Waals surface area contributed by atoms with Crippen molar-refractivity contribution < 1.29 is 19.1 Å². The van der Waals surface area contributed by atoms with Crippen LogP contribution in [0.5, 0.6) is 0 Å². The van der Waals surface area contributed by atoms with Crippen molar-refractivity contribution in [3.05, 3.63) is 11.6 Å². The third-order valence-corrected chi connectivity index (χ3v) is 8.88. The van der Waals surface area contributed by atoms with Gasteiger partial charge in [-0.3, -0.25) is 9.59 Å². The molecule has 4 aliphatic carbocycles. The molecule has 0 N–H and O–H groups in total. The second-order valence-electron chi connectivity index (χ2n) is 9.93. The number of hydrogen-bond acceptors (Lipinski definition) is 4. The number of carbonyl (C=O) groups excluding carboxylic acids is 2. The lowest BCUT2D eigenvalue weighted by Crippen LogP contribution is -2.51. The lowest BCUT2D eigenvalue weighted by Gasteiger charge is -2.57. The first-order valence-electron chi connectivity index (χ1n) is 10.7. The highest BCUT2D eigenvalue weighted by molar-refractivity contribution is 5.73. The highest BCUT2D eigenvalue weighted by atomic mass is 16.5. The van der Waals surface area contributed by atoms with Crippen molar-refractivity contribution in [3.8, 4) is 0 Å². The quantitative estimate of drug-likeness (QED) is 0.521. The van der Waals surface area contributed by atoms with Crippen LogP contribution in [-0.2, 0) is 19.1 Å². The molecule has 0 radical (unpaired) electrons. The van der Waals surface area contributed by atoms with Gasteiger partial charge in [-0.05, 0) is 73.5 Å². The molecule has 0 aliphatic heterocycles. The summed E-state index contributed by atoms with van der Waals surface area (Å²) in [5.41, 5.74) is 1.86. The summed E-state index contributed by atoms with van der Waals surface area (Å²) in [5, 5.41) is 0. The molecule has 27 heavy (non-hydrogen) atoms. The van der Waals surface area contributed by atoms with E-state index in [-0.39, 0.29) is 34.8 Å². The lowest BCUT2D eigenvalue weighted by atomic mass is 9.47. The molecule has 0 aromatic heterocycles. The Labute approximate surface area is 163 Å². The molecule has 7 atom stereocenters. The summed E-state index contributed by atoms with van der Waals surface area (Å²) in [5.74, 6) is 1.92. The number of carbonyl (C=O) groups is 2. The molecule has 150 valence electrons. The van der Waals surface area contributed by atoms with Crippen LogP contribution >= 0.6 is 0 Å². The van der Waals surface area contributed by atoms with Crippen LogP contribution in [0.4, 0.5) is 0 Å². The molecular formula is C23H34O4. The summed E-state index contributed by atoms with van der Waals surface area (Å²) in [7, 11) is 1.53. The Morgan fingerprint density at radius 3 is 2.56 bits per heavy atom. The molecule has 0 bridgehead atoms. The summed E-state index contributed by atoms with van der Waals surface area (Å²) in [4.78, 5) is 23.7. The van der Waals surface area contributed by atoms with Crippen LogP contribution in [0.25, 0.3) is 0 Å². The smallest absolute Gasteiger partial charge is 0.309 e. The van der Waals surface area contributed by atoms with Crippen LogP contribution in [0.2, 0.25) is 0 Å². The van der Waals surface area contributed by atoms with Crippen LogP contribution in [0.15, 0.2) is 11.6 Å². The molecule has 3 saturated carbocycles. The molecule has 4 nitrogen and oxygen atoms in total. The third-order valence-electron chi connectivity index (χ3n) is 8.88. The molecule has 0 aromatic carbocycles. The first-order valence-corrected chi connectivity index (χ1v) is 10.7. The summed E-state index contributed by atoms with van der Waals surface area (Å²) in [6.07, 6.45) is 11.1. The Kier molecular flexibility index (Phi) is 4.67. The van der Waals surface area contributed by atoms with E-state index in [1.165, 1.54) is 26.0 Å². The van der Waals surface area contributed by atoms with Crippen LogP contribution in [-0.4, -0.2) is 25.2 Å². The lowest BCUT2D eigenvalue weighted by molar-refractivity contribution is -0.154. The van der Waals surface area contributed by atoms with E-state index in [9.17, 15) is 9.59 Å². The van der Waals surface area contributed by atoms with Crippen molar-refractivity contribution in [2.45, 2.75) is 78.2 Å². The fraction of sp³-hybridized carbons (Fsp3) is 0.826. The zero-order valence-electron chi connectivity index (χ0n) is 17.3. The number of hydrogen-bond donors (Lipinski definition) is 0. The molecule has 4 aliphatic rings. The summed E-state index contributed by atoms with van der Waals surface area (Å²) < 4.78 is 10.7. The van der Waals surface area contributed by atoms with Crippen LogP contribution in [0, 0.1) is 34.5 Å². The van der Waals surface area contributed by atoms with Crippen LogP contribution in [0.3, 0.4) is 0 Å². The third kappa shape index (κ3) is 2.86. The first kappa shape index (κ1) is 19.0. The molecule has 4 rings (SSSR count). The van der Waals surface area contributed by atoms with E-state index in [4.69, 9.17) is 9.47 Å². The Hall–Kier alpha value is -1.32. The van der Waals surface area contributed by atoms with Gasteiger partial charge in [0, 0.05) is 13.3 Å². The Balaban J connectivity index is 1.57. The average molecular weight is 375 g/mol. The molecule has 0 heterocycles. The summed E-state index contributed by atoms with van der Waals surface area (Å²) in [6.45, 7) is 6.32. The van der Waals surface area contributed by atoms with Crippen LogP contribution in [0.1, 0.15) is 72.1 Å². The molecule has 0 unspecified atom stereocenters. The minimum Gasteiger partial charge on any atom is -0.469 e. The van der Waals surface area contributed by atoms with Gasteiger partial charge in [-0.1, -0.05) is 25.5 Å². The highest BCUT2D eigenvalue weighted by Crippen LogP contribution is 2.66. The van der Waals surface area contributed by atoms with Gasteiger partial charge in [-0.15, -0.1) is 0 Å². The van der Waals surface area contributed by atoms with Gasteiger partial charge in [0.05, 0.1) is 13.0 Å². The maximum Gasteiger partial charge on any atom is 0.309 e. The van der Waals surface area contributed by atoms with Crippen molar-refractivity contribution in [2.24, 2.45) is 34.5 Å². The summed E-state index contributed by atoms with van der Waals surface area (Å²) >= 11 is 0. The van der Waals surface area contributed by atoms with Crippen molar-refractivity contribution in [1.29, 1.82) is 0 Å². The number of ether oxygens (including phenoxy) is 2. The van der Waals surface area contributed by atoms with E-state index < -0.39 is 0 Å². The molecular weight excluding hydrogens is 340 g/mol. The zero-order valence-corrected chi connectivity index (χ0v) is 17.3. The highest BCUT2D eigenvalue weighted by Gasteiger charge is 2.60. The van der Waals surface area contributed by atoms with E-state index in [1.54, 1.807) is 0 Å². The molecule has 0 amide bonds. The monoisotopic (exact) mass is 374 g/mol. The van der Waals surface area contributed by atoms with Crippen molar-refractivity contribution in [1.82, 2.24) is 0 Å². The van der Waals surface area contributed by atoms with Gasteiger partial charge in [0.25, 0.3) is 0 Å². The van der Waals surface area contributed by atoms with E-state index in [1.807, 2.05) is 0 Å². The fourth-order valence-corrected chi connectivity index (χ4v) is 7.49. The predicted octanol–water partition coefficient (Wildman–Crippen LogP) is 4.67. The fourth-order valence-electron chi connectivity index (χ4n) is 7.49. The number of esters is 2. The number of fused-ring (bicyclic) bond motifs is 5. The minimum atomic E-state index is -0.161. The first-order chi connectivity index (χ1) is 12.8. The summed E-state index contributed by atoms with van der Waals surface area (Å²) in [6, 6.07) is 0. The predicted molar refractivity (Wildman–Crippen MR) is 103 cm³/mol. The molecule has 3 fully saturated rings. The maximum absolute atomic E-state index is 12.4. The minimum absolute atomic E-state index is 0.00130. The molecule has 0 saturated heterocycles. The average Bonchev–Trinajstić information content (AvgIpc) is 2.98. The van der Waals surface area contributed by atoms with Gasteiger partial charge in [0.15, 0.2) is 0 Å². The molecule has 4 heteroatoms. The number of rotatable bonds is 2. The van der Waals surface area contributed by atoms with E-state index in [2.05, 4.69) is 19.9 Å². The molecule has 0 aromatic rings. The van der Waals surface area contributed by atoms with Crippen molar-refractivity contribution in [2.75, 3.05) is 7.11 Å². The Morgan fingerprint density at radius 1 is 1.07 bits per heavy atom. The van der Waals surface area contributed by atoms with Gasteiger partial charge in [0.2, 0.25) is 0 Å². The van der Waals surface area contributed by atoms with Crippen molar-refractivity contribution >= 4 is 11.9 Å².